The Bertz CT molecular complexity index is 616. The molecule has 0 aliphatic heterocycles. The second kappa shape index (κ2) is 5.24. The van der Waals surface area contributed by atoms with E-state index in [4.69, 9.17) is 16.7 Å². The van der Waals surface area contributed by atoms with E-state index in [0.29, 0.717) is 9.90 Å². The zero-order valence-corrected chi connectivity index (χ0v) is 12.3. The summed E-state index contributed by atoms with van der Waals surface area (Å²) in [6.45, 7) is 1.73. The highest BCUT2D eigenvalue weighted by Gasteiger charge is 2.28. The Morgan fingerprint density at radius 3 is 2.68 bits per heavy atom. The molecule has 0 saturated heterocycles. The van der Waals surface area contributed by atoms with E-state index in [-0.39, 0.29) is 10.6 Å². The molecule has 0 fully saturated rings. The molecular weight excluding hydrogens is 310 g/mol. The van der Waals surface area contributed by atoms with Crippen LogP contribution in [0.5, 0.6) is 0 Å². The van der Waals surface area contributed by atoms with Crippen LogP contribution in [-0.2, 0) is 14.8 Å². The summed E-state index contributed by atoms with van der Waals surface area (Å²) >= 11 is 6.84. The number of carbonyl (C=O) groups is 1. The number of sulfonamides is 1. The molecule has 5 nitrogen and oxygen atoms in total. The van der Waals surface area contributed by atoms with Crippen molar-refractivity contribution in [2.75, 3.05) is 0 Å². The van der Waals surface area contributed by atoms with E-state index < -0.39 is 28.0 Å². The first kappa shape index (κ1) is 14.5. The summed E-state index contributed by atoms with van der Waals surface area (Å²) in [5.41, 5.74) is 0.706. The summed E-state index contributed by atoms with van der Waals surface area (Å²) in [7, 11) is -3.65. The van der Waals surface area contributed by atoms with Gasteiger partial charge >= 0.3 is 5.97 Å². The minimum absolute atomic E-state index is 0.141. The number of hydrogen-bond donors (Lipinski definition) is 2. The molecule has 19 heavy (non-hydrogen) atoms. The highest BCUT2D eigenvalue weighted by atomic mass is 35.5. The van der Waals surface area contributed by atoms with Crippen LogP contribution in [-0.4, -0.2) is 25.5 Å². The van der Waals surface area contributed by atoms with Crippen molar-refractivity contribution in [3.63, 3.8) is 0 Å². The molecule has 0 saturated carbocycles. The van der Waals surface area contributed by atoms with Crippen molar-refractivity contribution < 1.29 is 18.3 Å². The van der Waals surface area contributed by atoms with Gasteiger partial charge in [0.15, 0.2) is 0 Å². The van der Waals surface area contributed by atoms with Crippen molar-refractivity contribution >= 4 is 38.9 Å². The van der Waals surface area contributed by atoms with E-state index in [1.165, 1.54) is 12.1 Å². The maximum atomic E-state index is 12.1. The Hall–Kier alpha value is -0.890. The Kier molecular flexibility index (Phi) is 4.00. The molecule has 2 unspecified atom stereocenters. The number of hydrogen-bond acceptors (Lipinski definition) is 4. The van der Waals surface area contributed by atoms with Crippen LogP contribution in [0.2, 0.25) is 4.34 Å². The maximum Gasteiger partial charge on any atom is 0.310 e. The lowest BCUT2D eigenvalue weighted by Gasteiger charge is -2.11. The standard InChI is InChI=1S/C11H12ClNO4S2/c1-6-4-9(18-10(6)12)19(16,17)13-8-3-2-7(5-8)11(14)15/h2-4,7-8,13H,5H2,1H3,(H,14,15). The molecule has 1 aliphatic carbocycles. The number of thiophene rings is 1. The molecule has 1 heterocycles. The highest BCUT2D eigenvalue weighted by Crippen LogP contribution is 2.30. The molecule has 0 aromatic carbocycles. The SMILES string of the molecule is Cc1cc(S(=O)(=O)NC2C=CC(C(=O)O)C2)sc1Cl. The van der Waals surface area contributed by atoms with E-state index in [1.54, 1.807) is 13.0 Å². The predicted molar refractivity (Wildman–Crippen MR) is 73.1 cm³/mol. The molecule has 0 bridgehead atoms. The van der Waals surface area contributed by atoms with Crippen LogP contribution in [0.4, 0.5) is 0 Å². The monoisotopic (exact) mass is 321 g/mol. The number of rotatable bonds is 4. The summed E-state index contributed by atoms with van der Waals surface area (Å²) in [5.74, 6) is -1.59. The predicted octanol–water partition coefficient (Wildman–Crippen LogP) is 2.02. The molecule has 0 spiro atoms. The molecule has 2 rings (SSSR count). The van der Waals surface area contributed by atoms with Crippen molar-refractivity contribution in [3.05, 3.63) is 28.1 Å². The van der Waals surface area contributed by atoms with Gasteiger partial charge in [-0.25, -0.2) is 13.1 Å². The third kappa shape index (κ3) is 3.17. The number of halogens is 1. The molecule has 2 atom stereocenters. The first-order chi connectivity index (χ1) is 8.79. The lowest BCUT2D eigenvalue weighted by Crippen LogP contribution is -2.32. The highest BCUT2D eigenvalue weighted by molar-refractivity contribution is 7.91. The van der Waals surface area contributed by atoms with E-state index in [1.807, 2.05) is 0 Å². The zero-order chi connectivity index (χ0) is 14.2. The lowest BCUT2D eigenvalue weighted by molar-refractivity contribution is -0.140. The van der Waals surface area contributed by atoms with Gasteiger partial charge in [-0.1, -0.05) is 23.8 Å². The average molecular weight is 322 g/mol. The van der Waals surface area contributed by atoms with E-state index in [0.717, 1.165) is 11.3 Å². The van der Waals surface area contributed by atoms with Gasteiger partial charge in [-0.15, -0.1) is 11.3 Å². The van der Waals surface area contributed by atoms with Crippen LogP contribution in [0.25, 0.3) is 0 Å². The van der Waals surface area contributed by atoms with Gasteiger partial charge in [-0.05, 0) is 25.0 Å². The van der Waals surface area contributed by atoms with Crippen LogP contribution in [0.15, 0.2) is 22.4 Å². The third-order valence-corrected chi connectivity index (χ3v) is 6.33. The van der Waals surface area contributed by atoms with Crippen molar-refractivity contribution in [1.29, 1.82) is 0 Å². The molecule has 1 aromatic heterocycles. The van der Waals surface area contributed by atoms with Crippen LogP contribution >= 0.6 is 22.9 Å². The van der Waals surface area contributed by atoms with Crippen LogP contribution in [0.3, 0.4) is 0 Å². The first-order valence-corrected chi connectivity index (χ1v) is 8.17. The fraction of sp³-hybridized carbons (Fsp3) is 0.364. The molecule has 0 amide bonds. The molecule has 1 aromatic rings. The molecule has 0 radical (unpaired) electrons. The molecular formula is C11H12ClNO4S2. The Balaban J connectivity index is 2.11. The van der Waals surface area contributed by atoms with Crippen molar-refractivity contribution in [2.45, 2.75) is 23.6 Å². The first-order valence-electron chi connectivity index (χ1n) is 5.49. The van der Waals surface area contributed by atoms with Gasteiger partial charge < -0.3 is 5.11 Å². The topological polar surface area (TPSA) is 83.5 Å². The zero-order valence-electron chi connectivity index (χ0n) is 9.96. The molecule has 104 valence electrons. The quantitative estimate of drug-likeness (QED) is 0.831. The van der Waals surface area contributed by atoms with E-state index >= 15 is 0 Å². The number of nitrogens with one attached hydrogen (secondary N) is 1. The summed E-state index contributed by atoms with van der Waals surface area (Å²) in [4.78, 5) is 10.8. The summed E-state index contributed by atoms with van der Waals surface area (Å²) in [6, 6.07) is 1.01. The van der Waals surface area contributed by atoms with E-state index in [9.17, 15) is 13.2 Å². The fourth-order valence-corrected chi connectivity index (χ4v) is 4.72. The summed E-state index contributed by atoms with van der Waals surface area (Å²) in [5, 5.41) is 8.84. The Morgan fingerprint density at radius 1 is 1.53 bits per heavy atom. The van der Waals surface area contributed by atoms with E-state index in [2.05, 4.69) is 4.72 Å². The van der Waals surface area contributed by atoms with Crippen molar-refractivity contribution in [1.82, 2.24) is 4.72 Å². The van der Waals surface area contributed by atoms with Gasteiger partial charge in [-0.2, -0.15) is 0 Å². The lowest BCUT2D eigenvalue weighted by atomic mass is 10.1. The Morgan fingerprint density at radius 2 is 2.21 bits per heavy atom. The largest absolute Gasteiger partial charge is 0.481 e. The second-order valence-corrected chi connectivity index (χ2v) is 7.91. The van der Waals surface area contributed by atoms with Crippen LogP contribution in [0, 0.1) is 12.8 Å². The molecule has 1 aliphatic rings. The van der Waals surface area contributed by atoms with Gasteiger partial charge in [0.1, 0.15) is 4.21 Å². The number of carboxylic acids is 1. The number of carboxylic acid groups (broad SMARTS) is 1. The van der Waals surface area contributed by atoms with Gasteiger partial charge in [0, 0.05) is 6.04 Å². The normalized spacial score (nSPS) is 22.8. The number of aliphatic carboxylic acids is 1. The number of aryl methyl sites for hydroxylation is 1. The molecule has 8 heteroatoms. The summed E-state index contributed by atoms with van der Waals surface area (Å²) < 4.78 is 27.2. The Labute approximate surface area is 120 Å². The maximum absolute atomic E-state index is 12.1. The third-order valence-electron chi connectivity index (χ3n) is 2.81. The summed E-state index contributed by atoms with van der Waals surface area (Å²) in [6.07, 6.45) is 3.30. The minimum atomic E-state index is -3.65. The van der Waals surface area contributed by atoms with Crippen LogP contribution in [0.1, 0.15) is 12.0 Å². The molecule has 2 N–H and O–H groups in total. The van der Waals surface area contributed by atoms with Gasteiger partial charge in [0.25, 0.3) is 10.0 Å². The minimum Gasteiger partial charge on any atom is -0.481 e. The van der Waals surface area contributed by atoms with Gasteiger partial charge in [0.05, 0.1) is 10.3 Å². The van der Waals surface area contributed by atoms with Crippen molar-refractivity contribution in [2.24, 2.45) is 5.92 Å². The smallest absolute Gasteiger partial charge is 0.310 e. The van der Waals surface area contributed by atoms with Gasteiger partial charge in [-0.3, -0.25) is 4.79 Å². The average Bonchev–Trinajstić information content (AvgIpc) is 2.87. The van der Waals surface area contributed by atoms with Gasteiger partial charge in [0.2, 0.25) is 0 Å². The van der Waals surface area contributed by atoms with Crippen molar-refractivity contribution in [3.8, 4) is 0 Å². The fourth-order valence-electron chi connectivity index (χ4n) is 1.79. The van der Waals surface area contributed by atoms with Crippen LogP contribution < -0.4 is 4.72 Å². The second-order valence-electron chi connectivity index (χ2n) is 4.32.